The molecule has 0 spiro atoms. The molecule has 1 unspecified atom stereocenters. The molecule has 0 saturated carbocycles. The Morgan fingerprint density at radius 2 is 1.90 bits per heavy atom. The molecule has 2 aromatic carbocycles. The molecule has 0 aliphatic rings. The third kappa shape index (κ3) is 3.98. The molecule has 0 heterocycles. The van der Waals surface area contributed by atoms with Crippen molar-refractivity contribution >= 4 is 27.5 Å². The summed E-state index contributed by atoms with van der Waals surface area (Å²) in [7, 11) is 0. The van der Waals surface area contributed by atoms with Crippen LogP contribution in [-0.2, 0) is 6.61 Å². The van der Waals surface area contributed by atoms with Gasteiger partial charge in [0.25, 0.3) is 0 Å². The van der Waals surface area contributed by atoms with Crippen LogP contribution in [0.15, 0.2) is 46.9 Å². The lowest BCUT2D eigenvalue weighted by Gasteiger charge is -2.11. The summed E-state index contributed by atoms with van der Waals surface area (Å²) in [6, 6.07) is 13.8. The summed E-state index contributed by atoms with van der Waals surface area (Å²) in [5.74, 6) is 0.816. The Bertz CT molecular complexity index is 571. The molecule has 2 aromatic rings. The molecule has 0 aromatic heterocycles. The van der Waals surface area contributed by atoms with Crippen molar-refractivity contribution in [1.82, 2.24) is 0 Å². The molecule has 0 bridgehead atoms. The molecule has 1 atom stereocenters. The molecule has 4 heteroatoms. The van der Waals surface area contributed by atoms with E-state index in [4.69, 9.17) is 22.1 Å². The Balaban J connectivity index is 2.00. The van der Waals surface area contributed by atoms with Crippen molar-refractivity contribution in [3.63, 3.8) is 0 Å². The second kappa shape index (κ2) is 7.11. The lowest BCUT2D eigenvalue weighted by atomic mass is 10.1. The van der Waals surface area contributed by atoms with E-state index in [1.54, 1.807) is 0 Å². The average molecular weight is 355 g/mol. The number of ether oxygens (including phenoxy) is 1. The van der Waals surface area contributed by atoms with E-state index < -0.39 is 0 Å². The Hall–Kier alpha value is -1.03. The van der Waals surface area contributed by atoms with Crippen LogP contribution in [0.25, 0.3) is 0 Å². The first-order valence-electron chi connectivity index (χ1n) is 6.52. The van der Waals surface area contributed by atoms with Crippen LogP contribution in [0.5, 0.6) is 5.75 Å². The lowest BCUT2D eigenvalue weighted by molar-refractivity contribution is 0.306. The number of hydrogen-bond acceptors (Lipinski definition) is 2. The van der Waals surface area contributed by atoms with E-state index in [0.29, 0.717) is 11.6 Å². The van der Waals surface area contributed by atoms with Crippen LogP contribution in [0.3, 0.4) is 0 Å². The van der Waals surface area contributed by atoms with Gasteiger partial charge in [-0.05, 0) is 36.2 Å². The van der Waals surface area contributed by atoms with Crippen LogP contribution in [0.1, 0.15) is 30.5 Å². The number of benzene rings is 2. The number of rotatable bonds is 5. The van der Waals surface area contributed by atoms with Gasteiger partial charge in [0.2, 0.25) is 0 Å². The second-order valence-electron chi connectivity index (χ2n) is 4.61. The monoisotopic (exact) mass is 353 g/mol. The van der Waals surface area contributed by atoms with E-state index in [1.165, 1.54) is 0 Å². The van der Waals surface area contributed by atoms with Gasteiger partial charge in [-0.15, -0.1) is 0 Å². The smallest absolute Gasteiger partial charge is 0.119 e. The fraction of sp³-hybridized carbons (Fsp3) is 0.250. The zero-order chi connectivity index (χ0) is 14.5. The van der Waals surface area contributed by atoms with E-state index in [-0.39, 0.29) is 6.04 Å². The highest BCUT2D eigenvalue weighted by Crippen LogP contribution is 2.24. The Morgan fingerprint density at radius 3 is 2.50 bits per heavy atom. The molecule has 0 aliphatic carbocycles. The van der Waals surface area contributed by atoms with Gasteiger partial charge in [-0.25, -0.2) is 0 Å². The molecular formula is C16H17BrClNO. The van der Waals surface area contributed by atoms with Gasteiger partial charge in [-0.1, -0.05) is 52.7 Å². The summed E-state index contributed by atoms with van der Waals surface area (Å²) in [5.41, 5.74) is 8.07. The Kier molecular flexibility index (Phi) is 5.46. The fourth-order valence-corrected chi connectivity index (χ4v) is 2.57. The largest absolute Gasteiger partial charge is 0.489 e. The zero-order valence-corrected chi connectivity index (χ0v) is 13.6. The summed E-state index contributed by atoms with van der Waals surface area (Å²) in [6.45, 7) is 2.52. The molecule has 2 rings (SSSR count). The maximum Gasteiger partial charge on any atom is 0.119 e. The van der Waals surface area contributed by atoms with Crippen LogP contribution in [0, 0.1) is 0 Å². The highest BCUT2D eigenvalue weighted by Gasteiger charge is 2.05. The highest BCUT2D eigenvalue weighted by molar-refractivity contribution is 9.10. The van der Waals surface area contributed by atoms with Gasteiger partial charge in [0.1, 0.15) is 12.4 Å². The van der Waals surface area contributed by atoms with Crippen molar-refractivity contribution in [3.8, 4) is 5.75 Å². The van der Waals surface area contributed by atoms with Gasteiger partial charge >= 0.3 is 0 Å². The van der Waals surface area contributed by atoms with Crippen molar-refractivity contribution in [2.45, 2.75) is 26.0 Å². The maximum atomic E-state index is 6.15. The third-order valence-corrected chi connectivity index (χ3v) is 4.00. The molecule has 20 heavy (non-hydrogen) atoms. The Morgan fingerprint density at radius 1 is 1.20 bits per heavy atom. The van der Waals surface area contributed by atoms with Gasteiger partial charge < -0.3 is 10.5 Å². The number of halogens is 2. The highest BCUT2D eigenvalue weighted by atomic mass is 79.9. The normalized spacial score (nSPS) is 12.2. The molecule has 106 valence electrons. The van der Waals surface area contributed by atoms with E-state index >= 15 is 0 Å². The van der Waals surface area contributed by atoms with Crippen LogP contribution in [-0.4, -0.2) is 0 Å². The molecule has 0 radical (unpaired) electrons. The summed E-state index contributed by atoms with van der Waals surface area (Å²) in [5, 5.41) is 0.698. The van der Waals surface area contributed by atoms with Crippen molar-refractivity contribution in [2.24, 2.45) is 5.73 Å². The molecule has 0 amide bonds. The van der Waals surface area contributed by atoms with Crippen LogP contribution >= 0.6 is 27.5 Å². The third-order valence-electron chi connectivity index (χ3n) is 3.16. The van der Waals surface area contributed by atoms with E-state index in [2.05, 4.69) is 22.9 Å². The first-order chi connectivity index (χ1) is 9.60. The van der Waals surface area contributed by atoms with E-state index in [9.17, 15) is 0 Å². The topological polar surface area (TPSA) is 35.2 Å². The first kappa shape index (κ1) is 15.4. The Labute approximate surface area is 133 Å². The van der Waals surface area contributed by atoms with E-state index in [1.807, 2.05) is 42.5 Å². The number of hydrogen-bond donors (Lipinski definition) is 1. The second-order valence-corrected chi connectivity index (χ2v) is 5.93. The van der Waals surface area contributed by atoms with Crippen molar-refractivity contribution in [1.29, 1.82) is 0 Å². The van der Waals surface area contributed by atoms with Gasteiger partial charge in [0, 0.05) is 21.1 Å². The molecule has 0 aliphatic heterocycles. The van der Waals surface area contributed by atoms with Gasteiger partial charge in [0.15, 0.2) is 0 Å². The molecule has 2 nitrogen and oxygen atoms in total. The summed E-state index contributed by atoms with van der Waals surface area (Å²) in [6.07, 6.45) is 0.925. The fourth-order valence-electron chi connectivity index (χ4n) is 1.85. The lowest BCUT2D eigenvalue weighted by Crippen LogP contribution is -2.08. The molecular weight excluding hydrogens is 338 g/mol. The van der Waals surface area contributed by atoms with Gasteiger partial charge in [0.05, 0.1) is 0 Å². The quantitative estimate of drug-likeness (QED) is 0.811. The SMILES string of the molecule is CCC(N)c1ccc(OCc2ccc(Br)cc2Cl)cc1. The van der Waals surface area contributed by atoms with Crippen LogP contribution in [0.2, 0.25) is 5.02 Å². The minimum atomic E-state index is 0.0879. The number of nitrogens with two attached hydrogens (primary N) is 1. The maximum absolute atomic E-state index is 6.15. The minimum Gasteiger partial charge on any atom is -0.489 e. The summed E-state index contributed by atoms with van der Waals surface area (Å²) < 4.78 is 6.70. The van der Waals surface area contributed by atoms with Crippen molar-refractivity contribution < 1.29 is 4.74 Å². The van der Waals surface area contributed by atoms with Crippen molar-refractivity contribution in [3.05, 3.63) is 63.1 Å². The predicted octanol–water partition coefficient (Wildman–Crippen LogP) is 5.09. The van der Waals surface area contributed by atoms with Crippen LogP contribution < -0.4 is 10.5 Å². The zero-order valence-electron chi connectivity index (χ0n) is 11.3. The van der Waals surface area contributed by atoms with Gasteiger partial charge in [-0.2, -0.15) is 0 Å². The van der Waals surface area contributed by atoms with Crippen molar-refractivity contribution in [2.75, 3.05) is 0 Å². The van der Waals surface area contributed by atoms with Gasteiger partial charge in [-0.3, -0.25) is 0 Å². The molecule has 0 fully saturated rings. The molecule has 2 N–H and O–H groups in total. The standard InChI is InChI=1S/C16H17BrClNO/c1-2-16(19)11-4-7-14(8-5-11)20-10-12-3-6-13(17)9-15(12)18/h3-9,16H,2,10,19H2,1H3. The predicted molar refractivity (Wildman–Crippen MR) is 87.1 cm³/mol. The summed E-state index contributed by atoms with van der Waals surface area (Å²) in [4.78, 5) is 0. The summed E-state index contributed by atoms with van der Waals surface area (Å²) >= 11 is 9.54. The average Bonchev–Trinajstić information content (AvgIpc) is 2.46. The van der Waals surface area contributed by atoms with E-state index in [0.717, 1.165) is 27.8 Å². The van der Waals surface area contributed by atoms with Crippen LogP contribution in [0.4, 0.5) is 0 Å². The first-order valence-corrected chi connectivity index (χ1v) is 7.69. The minimum absolute atomic E-state index is 0.0879. The molecule has 0 saturated heterocycles.